The molecule has 0 radical (unpaired) electrons. The number of nitrogens with one attached hydrogen (secondary N) is 1. The third-order valence-electron chi connectivity index (χ3n) is 5.57. The van der Waals surface area contributed by atoms with Gasteiger partial charge >= 0.3 is 0 Å². The van der Waals surface area contributed by atoms with Crippen molar-refractivity contribution in [1.29, 1.82) is 0 Å². The van der Waals surface area contributed by atoms with Crippen LogP contribution in [0.3, 0.4) is 0 Å². The molecule has 9 heteroatoms. The standard InChI is InChI=1S/C24H30Cl2N2O4S/c1-2-3-4-8-15-32-23-21(25)16-18(17-22(23)26)24(29)27-19-9-11-20(12-10-19)33(30,31)28-13-6-5-7-14-28/h9-12,16-17H,2-8,13-15H2,1H3,(H,27,29). The maximum Gasteiger partial charge on any atom is 0.255 e. The zero-order chi connectivity index (χ0) is 23.8. The fraction of sp³-hybridized carbons (Fsp3) is 0.458. The zero-order valence-electron chi connectivity index (χ0n) is 18.8. The van der Waals surface area contributed by atoms with E-state index in [9.17, 15) is 13.2 Å². The first kappa shape index (κ1) is 25.8. The van der Waals surface area contributed by atoms with Crippen LogP contribution in [0.15, 0.2) is 41.3 Å². The third kappa shape index (κ3) is 6.85. The van der Waals surface area contributed by atoms with Gasteiger partial charge in [0.2, 0.25) is 10.0 Å². The van der Waals surface area contributed by atoms with E-state index in [0.29, 0.717) is 31.1 Å². The van der Waals surface area contributed by atoms with E-state index >= 15 is 0 Å². The Morgan fingerprint density at radius 1 is 1.00 bits per heavy atom. The highest BCUT2D eigenvalue weighted by atomic mass is 35.5. The van der Waals surface area contributed by atoms with E-state index in [2.05, 4.69) is 12.2 Å². The molecule has 1 N–H and O–H groups in total. The van der Waals surface area contributed by atoms with E-state index in [1.807, 2.05) is 0 Å². The van der Waals surface area contributed by atoms with Crippen molar-refractivity contribution in [1.82, 2.24) is 4.31 Å². The van der Waals surface area contributed by atoms with Crippen LogP contribution in [0.25, 0.3) is 0 Å². The summed E-state index contributed by atoms with van der Waals surface area (Å²) in [6, 6.07) is 9.19. The van der Waals surface area contributed by atoms with Gasteiger partial charge in [-0.25, -0.2) is 8.42 Å². The van der Waals surface area contributed by atoms with Crippen molar-refractivity contribution >= 4 is 44.8 Å². The highest BCUT2D eigenvalue weighted by Gasteiger charge is 2.25. The van der Waals surface area contributed by atoms with E-state index in [1.165, 1.54) is 28.6 Å². The third-order valence-corrected chi connectivity index (χ3v) is 8.04. The minimum absolute atomic E-state index is 0.217. The number of carbonyl (C=O) groups excluding carboxylic acids is 1. The Balaban J connectivity index is 1.63. The second-order valence-electron chi connectivity index (χ2n) is 8.12. The molecule has 3 rings (SSSR count). The Kier molecular flexibility index (Phi) is 9.44. The van der Waals surface area contributed by atoms with Crippen LogP contribution in [0.2, 0.25) is 10.0 Å². The van der Waals surface area contributed by atoms with E-state index in [4.69, 9.17) is 27.9 Å². The number of amides is 1. The minimum Gasteiger partial charge on any atom is -0.490 e. The molecular formula is C24H30Cl2N2O4S. The molecule has 180 valence electrons. The van der Waals surface area contributed by atoms with Crippen molar-refractivity contribution in [2.24, 2.45) is 0 Å². The van der Waals surface area contributed by atoms with Crippen molar-refractivity contribution in [3.63, 3.8) is 0 Å². The molecular weight excluding hydrogens is 483 g/mol. The SMILES string of the molecule is CCCCCCOc1c(Cl)cc(C(=O)Nc2ccc(S(=O)(=O)N3CCCCC3)cc2)cc1Cl. The van der Waals surface area contributed by atoms with Crippen LogP contribution in [0.1, 0.15) is 62.2 Å². The first-order valence-electron chi connectivity index (χ1n) is 11.4. The molecule has 0 aliphatic carbocycles. The first-order valence-corrected chi connectivity index (χ1v) is 13.6. The van der Waals surface area contributed by atoms with Crippen molar-refractivity contribution in [2.45, 2.75) is 56.8 Å². The number of anilines is 1. The van der Waals surface area contributed by atoms with Gasteiger partial charge in [-0.05, 0) is 55.7 Å². The Morgan fingerprint density at radius 3 is 2.24 bits per heavy atom. The number of nitrogens with zero attached hydrogens (tertiary/aromatic N) is 1. The lowest BCUT2D eigenvalue weighted by Gasteiger charge is -2.25. The normalized spacial score (nSPS) is 14.8. The number of piperidine rings is 1. The molecule has 1 amide bonds. The highest BCUT2D eigenvalue weighted by molar-refractivity contribution is 7.89. The van der Waals surface area contributed by atoms with E-state index in [0.717, 1.165) is 44.9 Å². The number of hydrogen-bond acceptors (Lipinski definition) is 4. The molecule has 0 saturated carbocycles. The number of benzene rings is 2. The van der Waals surface area contributed by atoms with Gasteiger partial charge in [-0.2, -0.15) is 4.31 Å². The van der Waals surface area contributed by atoms with Crippen LogP contribution in [-0.4, -0.2) is 38.3 Å². The van der Waals surface area contributed by atoms with Gasteiger partial charge < -0.3 is 10.1 Å². The topological polar surface area (TPSA) is 75.7 Å². The fourth-order valence-corrected chi connectivity index (χ4v) is 5.81. The summed E-state index contributed by atoms with van der Waals surface area (Å²) in [5, 5.41) is 3.29. The van der Waals surface area contributed by atoms with Crippen LogP contribution >= 0.6 is 23.2 Å². The fourth-order valence-electron chi connectivity index (χ4n) is 3.70. The zero-order valence-corrected chi connectivity index (χ0v) is 21.1. The van der Waals surface area contributed by atoms with E-state index in [1.54, 1.807) is 12.1 Å². The summed E-state index contributed by atoms with van der Waals surface area (Å²) in [7, 11) is -3.52. The molecule has 1 heterocycles. The number of sulfonamides is 1. The van der Waals surface area contributed by atoms with Gasteiger partial charge in [-0.3, -0.25) is 4.79 Å². The summed E-state index contributed by atoms with van der Waals surface area (Å²) in [6.07, 6.45) is 7.08. The van der Waals surface area contributed by atoms with Crippen LogP contribution in [0, 0.1) is 0 Å². The second-order valence-corrected chi connectivity index (χ2v) is 10.9. The molecule has 6 nitrogen and oxygen atoms in total. The highest BCUT2D eigenvalue weighted by Crippen LogP contribution is 2.34. The second kappa shape index (κ2) is 12.1. The predicted molar refractivity (Wildman–Crippen MR) is 133 cm³/mol. The Hall–Kier alpha value is -1.80. The molecule has 0 unspecified atom stereocenters. The molecule has 0 bridgehead atoms. The average Bonchev–Trinajstić information content (AvgIpc) is 2.81. The van der Waals surface area contributed by atoms with E-state index < -0.39 is 15.9 Å². The smallest absolute Gasteiger partial charge is 0.255 e. The molecule has 0 aromatic heterocycles. The quantitative estimate of drug-likeness (QED) is 0.374. The molecule has 1 aliphatic heterocycles. The Morgan fingerprint density at radius 2 is 1.64 bits per heavy atom. The number of unbranched alkanes of at least 4 members (excludes halogenated alkanes) is 3. The molecule has 1 fully saturated rings. The monoisotopic (exact) mass is 512 g/mol. The van der Waals surface area contributed by atoms with Crippen LogP contribution < -0.4 is 10.1 Å². The lowest BCUT2D eigenvalue weighted by atomic mass is 10.2. The molecule has 1 saturated heterocycles. The van der Waals surface area contributed by atoms with Crippen LogP contribution in [0.5, 0.6) is 5.75 Å². The molecule has 2 aromatic rings. The summed E-state index contributed by atoms with van der Waals surface area (Å²) >= 11 is 12.6. The number of halogens is 2. The molecule has 2 aromatic carbocycles. The Labute approximate surface area is 206 Å². The lowest BCUT2D eigenvalue weighted by Crippen LogP contribution is -2.35. The van der Waals surface area contributed by atoms with Crippen molar-refractivity contribution in [2.75, 3.05) is 25.0 Å². The molecule has 0 atom stereocenters. The van der Waals surface area contributed by atoms with Gasteiger partial charge in [0.15, 0.2) is 5.75 Å². The largest absolute Gasteiger partial charge is 0.490 e. The summed E-state index contributed by atoms with van der Waals surface area (Å²) in [5.74, 6) is -0.0291. The van der Waals surface area contributed by atoms with Gasteiger partial charge in [-0.1, -0.05) is 55.8 Å². The van der Waals surface area contributed by atoms with E-state index in [-0.39, 0.29) is 20.5 Å². The summed E-state index contributed by atoms with van der Waals surface area (Å²) in [5.41, 5.74) is 0.759. The predicted octanol–water partition coefficient (Wildman–Crippen LogP) is 6.38. The van der Waals surface area contributed by atoms with Gasteiger partial charge in [0.25, 0.3) is 5.91 Å². The van der Waals surface area contributed by atoms with Gasteiger partial charge in [-0.15, -0.1) is 0 Å². The van der Waals surface area contributed by atoms with Gasteiger partial charge in [0.05, 0.1) is 21.5 Å². The minimum atomic E-state index is -3.52. The Bertz CT molecular complexity index is 1030. The van der Waals surface area contributed by atoms with Gasteiger partial charge in [0, 0.05) is 24.3 Å². The van der Waals surface area contributed by atoms with Crippen LogP contribution in [0.4, 0.5) is 5.69 Å². The van der Waals surface area contributed by atoms with Crippen LogP contribution in [-0.2, 0) is 10.0 Å². The number of carbonyl (C=O) groups is 1. The number of ether oxygens (including phenoxy) is 1. The number of rotatable bonds is 10. The van der Waals surface area contributed by atoms with Gasteiger partial charge in [0.1, 0.15) is 0 Å². The summed E-state index contributed by atoms with van der Waals surface area (Å²) in [6.45, 7) is 3.74. The number of hydrogen-bond donors (Lipinski definition) is 1. The molecule has 1 aliphatic rings. The summed E-state index contributed by atoms with van der Waals surface area (Å²) in [4.78, 5) is 12.9. The first-order chi connectivity index (χ1) is 15.8. The lowest BCUT2D eigenvalue weighted by molar-refractivity contribution is 0.102. The molecule has 0 spiro atoms. The maximum atomic E-state index is 12.8. The van der Waals surface area contributed by atoms with Crippen molar-refractivity contribution < 1.29 is 17.9 Å². The maximum absolute atomic E-state index is 12.8. The average molecular weight is 513 g/mol. The van der Waals surface area contributed by atoms with Crippen molar-refractivity contribution in [3.8, 4) is 5.75 Å². The van der Waals surface area contributed by atoms with Crippen molar-refractivity contribution in [3.05, 3.63) is 52.0 Å². The molecule has 33 heavy (non-hydrogen) atoms. The summed E-state index contributed by atoms with van der Waals surface area (Å²) < 4.78 is 32.8.